The highest BCUT2D eigenvalue weighted by atomic mass is 16.2. The van der Waals surface area contributed by atoms with E-state index in [-0.39, 0.29) is 18.4 Å². The first-order valence-corrected chi connectivity index (χ1v) is 8.63. The number of nitrogens with zero attached hydrogens (tertiary/aromatic N) is 6. The molecule has 1 atom stereocenters. The molecule has 1 N–H and O–H groups in total. The zero-order valence-corrected chi connectivity index (χ0v) is 14.5. The minimum absolute atomic E-state index is 0.0701. The van der Waals surface area contributed by atoms with Crippen molar-refractivity contribution in [1.29, 1.82) is 5.26 Å². The van der Waals surface area contributed by atoms with Crippen LogP contribution in [0.4, 0.5) is 5.82 Å². The van der Waals surface area contributed by atoms with Crippen LogP contribution >= 0.6 is 0 Å². The van der Waals surface area contributed by atoms with Crippen LogP contribution in [-0.2, 0) is 4.79 Å². The maximum atomic E-state index is 12.1. The number of hydrogen-bond donors (Lipinski definition) is 1. The largest absolute Gasteiger partial charge is 0.354 e. The fourth-order valence-electron chi connectivity index (χ4n) is 3.64. The van der Waals surface area contributed by atoms with Gasteiger partial charge in [0, 0.05) is 37.8 Å². The molecule has 8 nitrogen and oxygen atoms in total. The predicted octanol–water partition coefficient (Wildman–Crippen LogP) is 1.85. The summed E-state index contributed by atoms with van der Waals surface area (Å²) in [6.45, 7) is 1.57. The number of aromatic amines is 1. The first-order valence-electron chi connectivity index (χ1n) is 8.63. The minimum Gasteiger partial charge on any atom is -0.354 e. The van der Waals surface area contributed by atoms with Gasteiger partial charge in [0.1, 0.15) is 12.2 Å². The molecule has 4 rings (SSSR count). The summed E-state index contributed by atoms with van der Waals surface area (Å²) >= 11 is 0. The van der Waals surface area contributed by atoms with Crippen LogP contribution in [0.15, 0.2) is 24.8 Å². The zero-order chi connectivity index (χ0) is 18.1. The average molecular weight is 349 g/mol. The molecule has 0 bridgehead atoms. The zero-order valence-electron chi connectivity index (χ0n) is 14.5. The fourth-order valence-corrected chi connectivity index (χ4v) is 3.64. The van der Waals surface area contributed by atoms with E-state index in [1.807, 2.05) is 12.1 Å². The highest BCUT2D eigenvalue weighted by molar-refractivity contribution is 6.08. The Bertz CT molecular complexity index is 1010. The number of amides is 1. The van der Waals surface area contributed by atoms with Crippen LogP contribution in [0.1, 0.15) is 19.3 Å². The molecule has 1 unspecified atom stereocenters. The summed E-state index contributed by atoms with van der Waals surface area (Å²) in [4.78, 5) is 32.4. The van der Waals surface area contributed by atoms with E-state index in [9.17, 15) is 4.79 Å². The Morgan fingerprint density at radius 3 is 3.19 bits per heavy atom. The number of pyridine rings is 1. The number of fused-ring (bicyclic) bond motifs is 3. The second kappa shape index (κ2) is 6.59. The number of anilines is 1. The molecule has 0 aliphatic carbocycles. The van der Waals surface area contributed by atoms with Crippen molar-refractivity contribution in [3.8, 4) is 6.07 Å². The summed E-state index contributed by atoms with van der Waals surface area (Å²) in [5.74, 6) is 0.746. The Kier molecular flexibility index (Phi) is 4.13. The molecule has 1 fully saturated rings. The summed E-state index contributed by atoms with van der Waals surface area (Å²) in [7, 11) is 1.78. The monoisotopic (exact) mass is 349 g/mol. The molecule has 1 saturated heterocycles. The van der Waals surface area contributed by atoms with Crippen molar-refractivity contribution in [2.24, 2.45) is 0 Å². The van der Waals surface area contributed by atoms with Gasteiger partial charge >= 0.3 is 0 Å². The van der Waals surface area contributed by atoms with E-state index in [4.69, 9.17) is 5.26 Å². The van der Waals surface area contributed by atoms with E-state index in [2.05, 4.69) is 24.8 Å². The van der Waals surface area contributed by atoms with Gasteiger partial charge in [-0.1, -0.05) is 0 Å². The summed E-state index contributed by atoms with van der Waals surface area (Å²) in [6.07, 6.45) is 7.01. The van der Waals surface area contributed by atoms with Gasteiger partial charge < -0.3 is 14.8 Å². The van der Waals surface area contributed by atoms with Crippen molar-refractivity contribution in [3.63, 3.8) is 0 Å². The van der Waals surface area contributed by atoms with Crippen LogP contribution in [0.5, 0.6) is 0 Å². The number of nitrogens with one attached hydrogen (secondary N) is 1. The lowest BCUT2D eigenvalue weighted by molar-refractivity contribution is -0.131. The second-order valence-corrected chi connectivity index (χ2v) is 6.54. The van der Waals surface area contributed by atoms with Crippen molar-refractivity contribution in [3.05, 3.63) is 24.8 Å². The summed E-state index contributed by atoms with van der Waals surface area (Å²) < 4.78 is 0. The molecule has 0 saturated carbocycles. The van der Waals surface area contributed by atoms with Gasteiger partial charge in [0.05, 0.1) is 29.5 Å². The Morgan fingerprint density at radius 1 is 1.46 bits per heavy atom. The molecular formula is C18H19N7O. The Balaban J connectivity index is 1.70. The van der Waals surface area contributed by atoms with Gasteiger partial charge in [0.15, 0.2) is 5.65 Å². The van der Waals surface area contributed by atoms with E-state index >= 15 is 0 Å². The number of likely N-dealkylation sites (N-methyl/N-ethyl adjacent to an activating group) is 1. The minimum atomic E-state index is -0.134. The number of H-pyrrole nitrogens is 1. The van der Waals surface area contributed by atoms with Gasteiger partial charge in [0.25, 0.3) is 0 Å². The van der Waals surface area contributed by atoms with E-state index in [0.29, 0.717) is 12.2 Å². The molecule has 3 aromatic heterocycles. The Hall–Kier alpha value is -3.21. The van der Waals surface area contributed by atoms with Crippen molar-refractivity contribution in [1.82, 2.24) is 24.8 Å². The summed E-state index contributed by atoms with van der Waals surface area (Å²) in [5, 5.41) is 10.8. The topological polar surface area (TPSA) is 102 Å². The number of aromatic nitrogens is 4. The molecule has 1 amide bonds. The maximum Gasteiger partial charge on any atom is 0.236 e. The number of piperidine rings is 1. The smallest absolute Gasteiger partial charge is 0.236 e. The van der Waals surface area contributed by atoms with E-state index in [1.165, 1.54) is 0 Å². The van der Waals surface area contributed by atoms with Gasteiger partial charge in [-0.15, -0.1) is 0 Å². The number of rotatable bonds is 3. The highest BCUT2D eigenvalue weighted by Gasteiger charge is 2.28. The normalized spacial score (nSPS) is 17.4. The molecule has 132 valence electrons. The van der Waals surface area contributed by atoms with Crippen molar-refractivity contribution in [2.45, 2.75) is 25.3 Å². The molecule has 0 aromatic carbocycles. The van der Waals surface area contributed by atoms with Crippen LogP contribution in [0.3, 0.4) is 0 Å². The van der Waals surface area contributed by atoms with Gasteiger partial charge in [-0.3, -0.25) is 4.79 Å². The van der Waals surface area contributed by atoms with Crippen LogP contribution < -0.4 is 4.90 Å². The van der Waals surface area contributed by atoms with Gasteiger partial charge in [-0.2, -0.15) is 5.26 Å². The van der Waals surface area contributed by atoms with Crippen molar-refractivity contribution >= 4 is 33.7 Å². The quantitative estimate of drug-likeness (QED) is 0.774. The Labute approximate surface area is 150 Å². The number of hydrogen-bond acceptors (Lipinski definition) is 6. The first kappa shape index (κ1) is 16.3. The molecule has 1 aliphatic heterocycles. The SMILES string of the molecule is CN(C(=O)CC#N)C1CCCN(c2nc[nH]c3cnc4nccc4c23)C1. The molecule has 0 radical (unpaired) electrons. The number of nitriles is 1. The molecule has 1 aliphatic rings. The fraction of sp³-hybridized carbons (Fsp3) is 0.389. The van der Waals surface area contributed by atoms with Gasteiger partial charge in [-0.05, 0) is 18.9 Å². The van der Waals surface area contributed by atoms with E-state index in [0.717, 1.165) is 41.5 Å². The molecule has 0 spiro atoms. The molecule has 26 heavy (non-hydrogen) atoms. The first-order chi connectivity index (χ1) is 12.7. The lowest BCUT2D eigenvalue weighted by Gasteiger charge is -2.38. The summed E-state index contributed by atoms with van der Waals surface area (Å²) in [5.41, 5.74) is 1.61. The third-order valence-corrected chi connectivity index (χ3v) is 5.03. The number of carbonyl (C=O) groups excluding carboxylic acids is 1. The predicted molar refractivity (Wildman–Crippen MR) is 97.4 cm³/mol. The van der Waals surface area contributed by atoms with Crippen molar-refractivity contribution in [2.75, 3.05) is 25.0 Å². The maximum absolute atomic E-state index is 12.1. The van der Waals surface area contributed by atoms with E-state index < -0.39 is 0 Å². The lowest BCUT2D eigenvalue weighted by Crippen LogP contribution is -2.48. The third kappa shape index (κ3) is 2.71. The molecular weight excluding hydrogens is 330 g/mol. The van der Waals surface area contributed by atoms with E-state index in [1.54, 1.807) is 30.7 Å². The Morgan fingerprint density at radius 2 is 2.35 bits per heavy atom. The van der Waals surface area contributed by atoms with Crippen LogP contribution in [0, 0.1) is 11.3 Å². The van der Waals surface area contributed by atoms with Crippen LogP contribution in [-0.4, -0.2) is 56.9 Å². The molecule has 8 heteroatoms. The van der Waals surface area contributed by atoms with Gasteiger partial charge in [0.2, 0.25) is 5.91 Å². The highest BCUT2D eigenvalue weighted by Crippen LogP contribution is 2.31. The molecule has 4 heterocycles. The van der Waals surface area contributed by atoms with Gasteiger partial charge in [-0.25, -0.2) is 15.0 Å². The lowest BCUT2D eigenvalue weighted by atomic mass is 10.0. The second-order valence-electron chi connectivity index (χ2n) is 6.54. The average Bonchev–Trinajstić information content (AvgIpc) is 3.16. The van der Waals surface area contributed by atoms with Crippen LogP contribution in [0.25, 0.3) is 21.9 Å². The number of carbonyl (C=O) groups is 1. The summed E-state index contributed by atoms with van der Waals surface area (Å²) in [6, 6.07) is 3.96. The standard InChI is InChI=1S/C18H19N7O/c1-24(15(26)4-6-19)12-3-2-8-25(10-12)18-16-13-5-7-20-17(13)21-9-14(16)22-11-23-18/h5,7,9,11-12H,2-4,8,10H2,1H3,(H,22,23). The third-order valence-electron chi connectivity index (χ3n) is 5.03. The van der Waals surface area contributed by atoms with Crippen LogP contribution in [0.2, 0.25) is 0 Å². The molecule has 3 aromatic rings. The van der Waals surface area contributed by atoms with Crippen molar-refractivity contribution < 1.29 is 4.79 Å².